The van der Waals surface area contributed by atoms with Gasteiger partial charge in [-0.25, -0.2) is 9.78 Å². The zero-order valence-corrected chi connectivity index (χ0v) is 22.3. The first kappa shape index (κ1) is 25.7. The van der Waals surface area contributed by atoms with Crippen molar-refractivity contribution in [2.45, 2.75) is 52.3 Å². The van der Waals surface area contributed by atoms with E-state index in [0.717, 1.165) is 41.6 Å². The van der Waals surface area contributed by atoms with Crippen LogP contribution in [0.4, 0.5) is 10.6 Å². The molecule has 2 atom stereocenters. The van der Waals surface area contributed by atoms with Gasteiger partial charge in [-0.15, -0.1) is 0 Å². The van der Waals surface area contributed by atoms with Crippen molar-refractivity contribution in [2.24, 2.45) is 0 Å². The molecule has 0 bridgehead atoms. The Balaban J connectivity index is 1.49. The van der Waals surface area contributed by atoms with E-state index in [4.69, 9.17) is 15.2 Å². The van der Waals surface area contributed by atoms with Crippen LogP contribution in [0.5, 0.6) is 0 Å². The molecular formula is C29H39N5O3. The summed E-state index contributed by atoms with van der Waals surface area (Å²) < 4.78 is 11.6. The van der Waals surface area contributed by atoms with Crippen molar-refractivity contribution in [3.63, 3.8) is 0 Å². The van der Waals surface area contributed by atoms with Crippen LogP contribution in [-0.2, 0) is 22.4 Å². The summed E-state index contributed by atoms with van der Waals surface area (Å²) in [6, 6.07) is 6.86. The number of aromatic nitrogens is 1. The number of ether oxygens (including phenoxy) is 2. The van der Waals surface area contributed by atoms with Gasteiger partial charge in [-0.3, -0.25) is 0 Å². The molecule has 0 aliphatic carbocycles. The minimum Gasteiger partial charge on any atom is -0.383 e. The number of carbonyl (C=O) groups excluding carboxylic acids is 1. The van der Waals surface area contributed by atoms with E-state index in [1.165, 1.54) is 16.7 Å². The smallest absolute Gasteiger partial charge is 0.320 e. The lowest BCUT2D eigenvalue weighted by Gasteiger charge is -2.39. The molecule has 2 saturated heterocycles. The Labute approximate surface area is 219 Å². The van der Waals surface area contributed by atoms with E-state index < -0.39 is 0 Å². The highest BCUT2D eigenvalue weighted by Crippen LogP contribution is 2.35. The number of anilines is 1. The summed E-state index contributed by atoms with van der Waals surface area (Å²) in [6.45, 7) is 11.6. The van der Waals surface area contributed by atoms with Gasteiger partial charge in [0.1, 0.15) is 5.82 Å². The van der Waals surface area contributed by atoms with Gasteiger partial charge in [0.25, 0.3) is 0 Å². The summed E-state index contributed by atoms with van der Waals surface area (Å²) in [5.41, 5.74) is 14.2. The van der Waals surface area contributed by atoms with E-state index in [2.05, 4.69) is 48.4 Å². The monoisotopic (exact) mass is 505 g/mol. The molecule has 2 amide bonds. The van der Waals surface area contributed by atoms with Crippen molar-refractivity contribution >= 4 is 17.4 Å². The summed E-state index contributed by atoms with van der Waals surface area (Å²) in [5.74, 6) is 0.544. The fourth-order valence-electron chi connectivity index (χ4n) is 5.55. The SMILES string of the molecule is C/C=C(/C)c1cc(-c2cc3c(c([C@@H]4COCCN4)c2)CN(C(=O)N2CCO[C@H](CC)C2)CC3)cnc1N. The number of fused-ring (bicyclic) bond motifs is 1. The number of benzene rings is 1. The summed E-state index contributed by atoms with van der Waals surface area (Å²) in [6.07, 6.45) is 5.78. The maximum absolute atomic E-state index is 13.5. The second-order valence-electron chi connectivity index (χ2n) is 10.2. The third kappa shape index (κ3) is 5.37. The topological polar surface area (TPSA) is 93.0 Å². The number of nitrogens with zero attached hydrogens (tertiary/aromatic N) is 3. The largest absolute Gasteiger partial charge is 0.383 e. The summed E-state index contributed by atoms with van der Waals surface area (Å²) >= 11 is 0. The summed E-state index contributed by atoms with van der Waals surface area (Å²) in [7, 11) is 0. The maximum Gasteiger partial charge on any atom is 0.320 e. The van der Waals surface area contributed by atoms with Crippen LogP contribution in [0.15, 0.2) is 30.5 Å². The van der Waals surface area contributed by atoms with Gasteiger partial charge < -0.3 is 30.3 Å². The fourth-order valence-corrected chi connectivity index (χ4v) is 5.55. The number of nitrogen functional groups attached to an aromatic ring is 1. The third-order valence-corrected chi connectivity index (χ3v) is 7.92. The minimum absolute atomic E-state index is 0.0869. The number of allylic oxidation sites excluding steroid dienone is 2. The molecule has 8 heteroatoms. The number of nitrogens with one attached hydrogen (secondary N) is 1. The van der Waals surface area contributed by atoms with Crippen LogP contribution >= 0.6 is 0 Å². The number of rotatable bonds is 4. The molecule has 1 aromatic heterocycles. The first-order valence-corrected chi connectivity index (χ1v) is 13.5. The number of morpholine rings is 2. The van der Waals surface area contributed by atoms with Crippen LogP contribution < -0.4 is 11.1 Å². The van der Waals surface area contributed by atoms with E-state index in [1.807, 2.05) is 22.9 Å². The predicted octanol–water partition coefficient (Wildman–Crippen LogP) is 4.00. The Morgan fingerprint density at radius 1 is 1.22 bits per heavy atom. The Morgan fingerprint density at radius 3 is 2.84 bits per heavy atom. The zero-order valence-electron chi connectivity index (χ0n) is 22.3. The van der Waals surface area contributed by atoms with Crippen molar-refractivity contribution < 1.29 is 14.3 Å². The first-order chi connectivity index (χ1) is 18.0. The maximum atomic E-state index is 13.5. The highest BCUT2D eigenvalue weighted by atomic mass is 16.5. The Kier molecular flexibility index (Phi) is 7.79. The molecule has 2 aromatic rings. The van der Waals surface area contributed by atoms with Crippen LogP contribution in [0.1, 0.15) is 55.5 Å². The Hall–Kier alpha value is -2.94. The van der Waals surface area contributed by atoms with E-state index in [-0.39, 0.29) is 18.2 Å². The molecule has 4 heterocycles. The van der Waals surface area contributed by atoms with E-state index >= 15 is 0 Å². The van der Waals surface area contributed by atoms with Crippen molar-refractivity contribution in [2.75, 3.05) is 51.7 Å². The zero-order chi connectivity index (χ0) is 25.9. The van der Waals surface area contributed by atoms with Gasteiger partial charge in [0.2, 0.25) is 0 Å². The normalized spacial score (nSPS) is 22.6. The van der Waals surface area contributed by atoms with E-state index in [0.29, 0.717) is 51.8 Å². The van der Waals surface area contributed by atoms with Crippen LogP contribution in [0, 0.1) is 0 Å². The Morgan fingerprint density at radius 2 is 2.08 bits per heavy atom. The lowest BCUT2D eigenvalue weighted by molar-refractivity contribution is -0.0209. The third-order valence-electron chi connectivity index (χ3n) is 7.92. The number of carbonyl (C=O) groups is 1. The standard InChI is InChI=1S/C29H39N5O3/c1-4-19(3)24-14-22(15-32-28(24)30)21-12-20-6-8-33(29(35)34-9-11-37-23(5-2)16-34)17-26(20)25(13-21)27-18-36-10-7-31-27/h4,12-15,23,27,31H,5-11,16-18H2,1-3H3,(H2,30,32)/b19-4-/t23-,27+/m1/s1. The quantitative estimate of drug-likeness (QED) is 0.653. The van der Waals surface area contributed by atoms with Gasteiger partial charge in [-0.05, 0) is 66.6 Å². The van der Waals surface area contributed by atoms with Crippen molar-refractivity contribution in [1.29, 1.82) is 0 Å². The number of hydrogen-bond acceptors (Lipinski definition) is 6. The van der Waals surface area contributed by atoms with Gasteiger partial charge >= 0.3 is 6.03 Å². The molecule has 0 spiro atoms. The average Bonchev–Trinajstić information content (AvgIpc) is 2.96. The molecule has 37 heavy (non-hydrogen) atoms. The van der Waals surface area contributed by atoms with Crippen LogP contribution in [-0.4, -0.2) is 72.9 Å². The van der Waals surface area contributed by atoms with Crippen molar-refractivity contribution in [1.82, 2.24) is 20.1 Å². The van der Waals surface area contributed by atoms with E-state index in [1.54, 1.807) is 0 Å². The highest BCUT2D eigenvalue weighted by molar-refractivity contribution is 5.78. The number of amides is 2. The summed E-state index contributed by atoms with van der Waals surface area (Å²) in [5, 5.41) is 3.63. The van der Waals surface area contributed by atoms with Gasteiger partial charge in [0.15, 0.2) is 0 Å². The molecule has 0 radical (unpaired) electrons. The number of urea groups is 1. The first-order valence-electron chi connectivity index (χ1n) is 13.5. The van der Waals surface area contributed by atoms with Crippen LogP contribution in [0.25, 0.3) is 16.7 Å². The lowest BCUT2D eigenvalue weighted by atomic mass is 9.87. The van der Waals surface area contributed by atoms with Crippen molar-refractivity contribution in [3.05, 3.63) is 52.7 Å². The average molecular weight is 506 g/mol. The highest BCUT2D eigenvalue weighted by Gasteiger charge is 2.31. The molecule has 1 aromatic carbocycles. The second kappa shape index (κ2) is 11.2. The molecule has 3 N–H and O–H groups in total. The van der Waals surface area contributed by atoms with Crippen LogP contribution in [0.3, 0.4) is 0 Å². The van der Waals surface area contributed by atoms with Crippen molar-refractivity contribution in [3.8, 4) is 11.1 Å². The van der Waals surface area contributed by atoms with Gasteiger partial charge in [0, 0.05) is 50.0 Å². The second-order valence-corrected chi connectivity index (χ2v) is 10.2. The molecule has 2 fully saturated rings. The molecule has 0 saturated carbocycles. The molecule has 5 rings (SSSR count). The molecule has 3 aliphatic rings. The lowest BCUT2D eigenvalue weighted by Crippen LogP contribution is -2.52. The van der Waals surface area contributed by atoms with Gasteiger partial charge in [-0.2, -0.15) is 0 Å². The van der Waals surface area contributed by atoms with E-state index in [9.17, 15) is 4.79 Å². The molecule has 3 aliphatic heterocycles. The number of pyridine rings is 1. The molecular weight excluding hydrogens is 466 g/mol. The predicted molar refractivity (Wildman–Crippen MR) is 146 cm³/mol. The molecule has 8 nitrogen and oxygen atoms in total. The Bertz CT molecular complexity index is 1170. The summed E-state index contributed by atoms with van der Waals surface area (Å²) in [4.78, 5) is 22.0. The minimum atomic E-state index is 0.0869. The van der Waals surface area contributed by atoms with Gasteiger partial charge in [-0.1, -0.05) is 19.1 Å². The fraction of sp³-hybridized carbons (Fsp3) is 0.517. The molecule has 0 unspecified atom stereocenters. The number of hydrogen-bond donors (Lipinski definition) is 2. The van der Waals surface area contributed by atoms with Gasteiger partial charge in [0.05, 0.1) is 32.0 Å². The van der Waals surface area contributed by atoms with Crippen LogP contribution in [0.2, 0.25) is 0 Å². The molecule has 198 valence electrons. The number of nitrogens with two attached hydrogens (primary N) is 1.